The summed E-state index contributed by atoms with van der Waals surface area (Å²) in [6.45, 7) is 3.37. The Hall–Kier alpha value is -2.15. The summed E-state index contributed by atoms with van der Waals surface area (Å²) in [6.07, 6.45) is 1.12. The Morgan fingerprint density at radius 3 is 3.10 bits per heavy atom. The number of aromatic nitrogens is 1. The zero-order chi connectivity index (χ0) is 15.2. The fourth-order valence-corrected chi connectivity index (χ4v) is 2.25. The van der Waals surface area contributed by atoms with Gasteiger partial charge in [-0.3, -0.25) is 4.79 Å². The summed E-state index contributed by atoms with van der Waals surface area (Å²) < 4.78 is 10.4. The lowest BCUT2D eigenvalue weighted by Crippen LogP contribution is -2.44. The van der Waals surface area contributed by atoms with E-state index in [0.717, 1.165) is 0 Å². The average molecular weight is 294 g/mol. The Morgan fingerprint density at radius 1 is 1.57 bits per heavy atom. The van der Waals surface area contributed by atoms with Crippen LogP contribution in [0.3, 0.4) is 0 Å². The highest BCUT2D eigenvalue weighted by molar-refractivity contribution is 5.94. The van der Waals surface area contributed by atoms with Crippen LogP contribution < -0.4 is 4.90 Å². The Labute approximate surface area is 122 Å². The second kappa shape index (κ2) is 7.03. The van der Waals surface area contributed by atoms with E-state index in [0.29, 0.717) is 31.1 Å². The monoisotopic (exact) mass is 294 g/mol. The van der Waals surface area contributed by atoms with Gasteiger partial charge in [-0.2, -0.15) is 0 Å². The van der Waals surface area contributed by atoms with Crippen LogP contribution in [0.15, 0.2) is 18.3 Å². The van der Waals surface area contributed by atoms with E-state index in [4.69, 9.17) is 14.6 Å². The van der Waals surface area contributed by atoms with Gasteiger partial charge >= 0.3 is 11.9 Å². The molecule has 1 saturated heterocycles. The van der Waals surface area contributed by atoms with Crippen LogP contribution in [0.2, 0.25) is 0 Å². The standard InChI is InChI=1S/C14H18N2O5/c1-2-20-14(19)11-4-3-5-15-13(11)16-6-7-21-10(9-16)8-12(17)18/h3-5,10H,2,6-9H2,1H3,(H,17,18). The summed E-state index contributed by atoms with van der Waals surface area (Å²) >= 11 is 0. The SMILES string of the molecule is CCOC(=O)c1cccnc1N1CCOC(CC(=O)O)C1. The van der Waals surface area contributed by atoms with Crippen LogP contribution in [0.5, 0.6) is 0 Å². The maximum atomic E-state index is 12.0. The van der Waals surface area contributed by atoms with E-state index >= 15 is 0 Å². The molecule has 2 heterocycles. The molecule has 1 atom stereocenters. The van der Waals surface area contributed by atoms with Crippen molar-refractivity contribution >= 4 is 17.8 Å². The van der Waals surface area contributed by atoms with Crippen molar-refractivity contribution in [1.82, 2.24) is 4.98 Å². The van der Waals surface area contributed by atoms with Crippen LogP contribution in [-0.2, 0) is 14.3 Å². The van der Waals surface area contributed by atoms with Crippen molar-refractivity contribution in [3.8, 4) is 0 Å². The number of esters is 1. The van der Waals surface area contributed by atoms with Crippen molar-refractivity contribution < 1.29 is 24.2 Å². The molecule has 0 radical (unpaired) electrons. The number of carboxylic acids is 1. The Morgan fingerprint density at radius 2 is 2.38 bits per heavy atom. The van der Waals surface area contributed by atoms with Crippen LogP contribution in [-0.4, -0.2) is 54.4 Å². The van der Waals surface area contributed by atoms with Crippen molar-refractivity contribution in [2.75, 3.05) is 31.2 Å². The first-order valence-electron chi connectivity index (χ1n) is 6.82. The molecule has 114 valence electrons. The maximum Gasteiger partial charge on any atom is 0.341 e. The van der Waals surface area contributed by atoms with Gasteiger partial charge in [-0.25, -0.2) is 9.78 Å². The highest BCUT2D eigenvalue weighted by Gasteiger charge is 2.26. The third-order valence-electron chi connectivity index (χ3n) is 3.12. The number of aliphatic carboxylic acids is 1. The van der Waals surface area contributed by atoms with Gasteiger partial charge in [0.25, 0.3) is 0 Å². The minimum Gasteiger partial charge on any atom is -0.481 e. The van der Waals surface area contributed by atoms with E-state index in [2.05, 4.69) is 4.98 Å². The van der Waals surface area contributed by atoms with Crippen molar-refractivity contribution in [2.45, 2.75) is 19.4 Å². The molecule has 0 saturated carbocycles. The molecule has 7 heteroatoms. The molecule has 0 aromatic carbocycles. The number of carbonyl (C=O) groups is 2. The fourth-order valence-electron chi connectivity index (χ4n) is 2.25. The zero-order valence-corrected chi connectivity index (χ0v) is 11.8. The first-order chi connectivity index (χ1) is 10.1. The number of carbonyl (C=O) groups excluding carboxylic acids is 1. The molecular formula is C14H18N2O5. The molecule has 21 heavy (non-hydrogen) atoms. The molecule has 1 aromatic rings. The van der Waals surface area contributed by atoms with Crippen LogP contribution in [0.1, 0.15) is 23.7 Å². The average Bonchev–Trinajstić information content (AvgIpc) is 2.47. The van der Waals surface area contributed by atoms with Gasteiger partial charge in [-0.05, 0) is 19.1 Å². The first-order valence-corrected chi connectivity index (χ1v) is 6.82. The summed E-state index contributed by atoms with van der Waals surface area (Å²) in [5, 5.41) is 8.85. The Bertz CT molecular complexity index is 520. The summed E-state index contributed by atoms with van der Waals surface area (Å²) in [4.78, 5) is 28.8. The fraction of sp³-hybridized carbons (Fsp3) is 0.500. The van der Waals surface area contributed by atoms with Gasteiger partial charge in [0.05, 0.1) is 25.7 Å². The van der Waals surface area contributed by atoms with E-state index in [1.165, 1.54) is 0 Å². The van der Waals surface area contributed by atoms with Gasteiger partial charge in [-0.15, -0.1) is 0 Å². The molecule has 1 aromatic heterocycles. The molecule has 0 amide bonds. The highest BCUT2D eigenvalue weighted by Crippen LogP contribution is 2.21. The van der Waals surface area contributed by atoms with Crippen molar-refractivity contribution in [3.05, 3.63) is 23.9 Å². The number of hydrogen-bond acceptors (Lipinski definition) is 6. The lowest BCUT2D eigenvalue weighted by atomic mass is 10.1. The van der Waals surface area contributed by atoms with E-state index in [-0.39, 0.29) is 13.0 Å². The zero-order valence-electron chi connectivity index (χ0n) is 11.8. The normalized spacial score (nSPS) is 18.3. The van der Waals surface area contributed by atoms with Crippen molar-refractivity contribution in [2.24, 2.45) is 0 Å². The van der Waals surface area contributed by atoms with Crippen LogP contribution in [0, 0.1) is 0 Å². The number of rotatable bonds is 5. The number of nitrogens with zero attached hydrogens (tertiary/aromatic N) is 2. The van der Waals surface area contributed by atoms with E-state index in [1.807, 2.05) is 4.90 Å². The quantitative estimate of drug-likeness (QED) is 0.808. The Kier molecular flexibility index (Phi) is 5.10. The lowest BCUT2D eigenvalue weighted by molar-refractivity contribution is -0.140. The van der Waals surface area contributed by atoms with Crippen LogP contribution in [0.25, 0.3) is 0 Å². The molecule has 1 aliphatic rings. The molecular weight excluding hydrogens is 276 g/mol. The van der Waals surface area contributed by atoms with Gasteiger partial charge in [0.2, 0.25) is 0 Å². The molecule has 1 unspecified atom stereocenters. The molecule has 0 spiro atoms. The predicted molar refractivity (Wildman–Crippen MR) is 74.4 cm³/mol. The topological polar surface area (TPSA) is 89.0 Å². The summed E-state index contributed by atoms with van der Waals surface area (Å²) in [7, 11) is 0. The number of hydrogen-bond donors (Lipinski definition) is 1. The van der Waals surface area contributed by atoms with E-state index in [1.54, 1.807) is 25.3 Å². The summed E-state index contributed by atoms with van der Waals surface area (Å²) in [5.41, 5.74) is 0.385. The smallest absolute Gasteiger partial charge is 0.341 e. The minimum absolute atomic E-state index is 0.0714. The summed E-state index contributed by atoms with van der Waals surface area (Å²) in [6, 6.07) is 3.33. The number of pyridine rings is 1. The Balaban J connectivity index is 2.17. The lowest BCUT2D eigenvalue weighted by Gasteiger charge is -2.33. The van der Waals surface area contributed by atoms with Gasteiger partial charge in [0.1, 0.15) is 11.4 Å². The molecule has 0 bridgehead atoms. The van der Waals surface area contributed by atoms with Crippen LogP contribution in [0.4, 0.5) is 5.82 Å². The molecule has 0 aliphatic carbocycles. The van der Waals surface area contributed by atoms with E-state index in [9.17, 15) is 9.59 Å². The van der Waals surface area contributed by atoms with Gasteiger partial charge in [0, 0.05) is 19.3 Å². The number of carboxylic acid groups (broad SMARTS) is 1. The van der Waals surface area contributed by atoms with Gasteiger partial charge in [0.15, 0.2) is 0 Å². The maximum absolute atomic E-state index is 12.0. The predicted octanol–water partition coefficient (Wildman–Crippen LogP) is 0.938. The first kappa shape index (κ1) is 15.2. The third-order valence-corrected chi connectivity index (χ3v) is 3.12. The second-order valence-electron chi connectivity index (χ2n) is 4.63. The third kappa shape index (κ3) is 3.91. The molecule has 7 nitrogen and oxygen atoms in total. The number of anilines is 1. The van der Waals surface area contributed by atoms with Crippen LogP contribution >= 0.6 is 0 Å². The van der Waals surface area contributed by atoms with E-state index < -0.39 is 18.0 Å². The van der Waals surface area contributed by atoms with Crippen molar-refractivity contribution in [3.63, 3.8) is 0 Å². The molecule has 1 N–H and O–H groups in total. The molecule has 2 rings (SSSR count). The molecule has 1 fully saturated rings. The number of ether oxygens (including phenoxy) is 2. The van der Waals surface area contributed by atoms with Crippen molar-refractivity contribution in [1.29, 1.82) is 0 Å². The second-order valence-corrected chi connectivity index (χ2v) is 4.63. The summed E-state index contributed by atoms with van der Waals surface area (Å²) in [5.74, 6) is -0.829. The van der Waals surface area contributed by atoms with Gasteiger partial charge in [-0.1, -0.05) is 0 Å². The highest BCUT2D eigenvalue weighted by atomic mass is 16.5. The largest absolute Gasteiger partial charge is 0.481 e. The van der Waals surface area contributed by atoms with Gasteiger partial charge < -0.3 is 19.5 Å². The minimum atomic E-state index is -0.909. The molecule has 1 aliphatic heterocycles. The number of morpholine rings is 1.